The summed E-state index contributed by atoms with van der Waals surface area (Å²) in [6, 6.07) is 4.57. The topological polar surface area (TPSA) is 95.6 Å². The van der Waals surface area contributed by atoms with Crippen molar-refractivity contribution in [3.05, 3.63) is 23.9 Å². The number of guanidine groups is 1. The molecular weight excluding hydrogens is 328 g/mol. The molecule has 3 rings (SSSR count). The molecule has 1 aliphatic carbocycles. The molecule has 1 aliphatic heterocycles. The van der Waals surface area contributed by atoms with Crippen LogP contribution in [0.1, 0.15) is 38.7 Å². The van der Waals surface area contributed by atoms with Gasteiger partial charge in [0.2, 0.25) is 5.91 Å². The van der Waals surface area contributed by atoms with Crippen LogP contribution in [0.4, 0.5) is 5.82 Å². The summed E-state index contributed by atoms with van der Waals surface area (Å²) in [6.45, 7) is 7.35. The molecule has 0 radical (unpaired) electrons. The molecule has 26 heavy (non-hydrogen) atoms. The van der Waals surface area contributed by atoms with Crippen molar-refractivity contribution in [2.24, 2.45) is 22.6 Å². The van der Waals surface area contributed by atoms with Crippen LogP contribution >= 0.6 is 0 Å². The molecule has 2 unspecified atom stereocenters. The quantitative estimate of drug-likeness (QED) is 0.525. The van der Waals surface area contributed by atoms with Gasteiger partial charge in [-0.3, -0.25) is 4.79 Å². The van der Waals surface area contributed by atoms with Crippen LogP contribution in [-0.4, -0.2) is 42.5 Å². The number of pyridine rings is 1. The lowest BCUT2D eigenvalue weighted by molar-refractivity contribution is -0.122. The predicted molar refractivity (Wildman–Crippen MR) is 104 cm³/mol. The Bertz CT molecular complexity index is 653. The molecule has 4 N–H and O–H groups in total. The number of hydrogen-bond donors (Lipinski definition) is 3. The molecule has 7 heteroatoms. The first kappa shape index (κ1) is 18.5. The fourth-order valence-corrected chi connectivity index (χ4v) is 3.40. The molecule has 0 spiro atoms. The highest BCUT2D eigenvalue weighted by atomic mass is 16.1. The number of aromatic nitrogens is 1. The molecule has 1 aromatic rings. The minimum Gasteiger partial charge on any atom is -0.369 e. The van der Waals surface area contributed by atoms with Gasteiger partial charge in [0.1, 0.15) is 5.82 Å². The van der Waals surface area contributed by atoms with Gasteiger partial charge >= 0.3 is 0 Å². The van der Waals surface area contributed by atoms with Crippen molar-refractivity contribution in [2.75, 3.05) is 24.5 Å². The van der Waals surface area contributed by atoms with Crippen LogP contribution in [-0.2, 0) is 11.3 Å². The lowest BCUT2D eigenvalue weighted by Gasteiger charge is -2.32. The number of nitrogens with two attached hydrogens (primary N) is 1. The zero-order valence-electron chi connectivity index (χ0n) is 15.7. The summed E-state index contributed by atoms with van der Waals surface area (Å²) in [4.78, 5) is 23.0. The normalized spacial score (nSPS) is 23.6. The summed E-state index contributed by atoms with van der Waals surface area (Å²) in [7, 11) is 0. The highest BCUT2D eigenvalue weighted by Crippen LogP contribution is 2.29. The number of aliphatic imine (C=N–C) groups is 1. The van der Waals surface area contributed by atoms with Crippen molar-refractivity contribution in [2.45, 2.75) is 45.7 Å². The zero-order chi connectivity index (χ0) is 18.5. The monoisotopic (exact) mass is 358 g/mol. The first-order valence-corrected chi connectivity index (χ1v) is 9.61. The third kappa shape index (κ3) is 4.65. The van der Waals surface area contributed by atoms with Gasteiger partial charge in [-0.15, -0.1) is 0 Å². The van der Waals surface area contributed by atoms with Crippen LogP contribution in [0.3, 0.4) is 0 Å². The Kier molecular flexibility index (Phi) is 5.96. The van der Waals surface area contributed by atoms with Gasteiger partial charge in [0.15, 0.2) is 5.96 Å². The van der Waals surface area contributed by atoms with Crippen LogP contribution in [0.5, 0.6) is 0 Å². The minimum atomic E-state index is -0.189. The minimum absolute atomic E-state index is 0.0125. The Morgan fingerprint density at radius 3 is 2.77 bits per heavy atom. The Morgan fingerprint density at radius 1 is 1.42 bits per heavy atom. The average Bonchev–Trinajstić information content (AvgIpc) is 3.35. The van der Waals surface area contributed by atoms with E-state index in [2.05, 4.69) is 40.4 Å². The number of primary amides is 1. The first-order valence-electron chi connectivity index (χ1n) is 9.61. The first-order chi connectivity index (χ1) is 12.6. The molecule has 2 fully saturated rings. The van der Waals surface area contributed by atoms with E-state index in [4.69, 9.17) is 10.7 Å². The smallest absolute Gasteiger partial charge is 0.220 e. The van der Waals surface area contributed by atoms with Crippen LogP contribution in [0.25, 0.3) is 0 Å². The van der Waals surface area contributed by atoms with Gasteiger partial charge in [-0.05, 0) is 38.2 Å². The molecule has 1 saturated carbocycles. The summed E-state index contributed by atoms with van der Waals surface area (Å²) in [5, 5.41) is 6.80. The van der Waals surface area contributed by atoms with Gasteiger partial charge in [-0.1, -0.05) is 13.0 Å². The maximum atomic E-state index is 11.4. The molecule has 0 aromatic carbocycles. The molecule has 2 heterocycles. The standard InChI is InChI=1S/C19H30N6O/c1-3-21-19(24-16-11-13(16)2)23-12-15-5-4-8-22-18(15)25-9-6-14(7-10-25)17(20)26/h4-5,8,13-14,16H,3,6-7,9-12H2,1-2H3,(H2,20,26)(H2,21,23,24). The van der Waals surface area contributed by atoms with Crippen LogP contribution in [0, 0.1) is 11.8 Å². The van der Waals surface area contributed by atoms with E-state index in [1.165, 1.54) is 6.42 Å². The number of carbonyl (C=O) groups is 1. The van der Waals surface area contributed by atoms with E-state index < -0.39 is 0 Å². The third-order valence-corrected chi connectivity index (χ3v) is 5.25. The highest BCUT2D eigenvalue weighted by Gasteiger charge is 2.33. The summed E-state index contributed by atoms with van der Waals surface area (Å²) in [5.74, 6) is 2.35. The van der Waals surface area contributed by atoms with E-state index in [1.54, 1.807) is 0 Å². The molecule has 1 saturated heterocycles. The van der Waals surface area contributed by atoms with E-state index in [0.29, 0.717) is 12.6 Å². The van der Waals surface area contributed by atoms with E-state index in [0.717, 1.165) is 55.7 Å². The van der Waals surface area contributed by atoms with Gasteiger partial charge in [-0.2, -0.15) is 0 Å². The number of amides is 1. The maximum Gasteiger partial charge on any atom is 0.220 e. The molecule has 142 valence electrons. The zero-order valence-corrected chi connectivity index (χ0v) is 15.7. The van der Waals surface area contributed by atoms with Gasteiger partial charge in [0, 0.05) is 43.4 Å². The number of piperidine rings is 1. The lowest BCUT2D eigenvalue weighted by Crippen LogP contribution is -2.40. The molecule has 1 aromatic heterocycles. The van der Waals surface area contributed by atoms with E-state index in [9.17, 15) is 4.79 Å². The number of rotatable bonds is 6. The Hall–Kier alpha value is -2.31. The molecule has 7 nitrogen and oxygen atoms in total. The number of hydrogen-bond acceptors (Lipinski definition) is 4. The van der Waals surface area contributed by atoms with Gasteiger partial charge in [0.05, 0.1) is 6.54 Å². The fraction of sp³-hybridized carbons (Fsp3) is 0.632. The van der Waals surface area contributed by atoms with Crippen molar-refractivity contribution >= 4 is 17.7 Å². The number of carbonyl (C=O) groups excluding carboxylic acids is 1. The van der Waals surface area contributed by atoms with E-state index >= 15 is 0 Å². The number of nitrogens with zero attached hydrogens (tertiary/aromatic N) is 3. The van der Waals surface area contributed by atoms with Gasteiger partial charge in [-0.25, -0.2) is 9.98 Å². The highest BCUT2D eigenvalue weighted by molar-refractivity contribution is 5.80. The summed E-state index contributed by atoms with van der Waals surface area (Å²) < 4.78 is 0. The largest absolute Gasteiger partial charge is 0.369 e. The maximum absolute atomic E-state index is 11.4. The Balaban J connectivity index is 1.66. The van der Waals surface area contributed by atoms with Crippen molar-refractivity contribution in [1.29, 1.82) is 0 Å². The SMILES string of the molecule is CCNC(=NCc1cccnc1N1CCC(C(N)=O)CC1)NC1CC1C. The predicted octanol–water partition coefficient (Wildman–Crippen LogP) is 1.25. The van der Waals surface area contributed by atoms with Gasteiger partial charge in [0.25, 0.3) is 0 Å². The number of nitrogens with one attached hydrogen (secondary N) is 2. The van der Waals surface area contributed by atoms with Crippen LogP contribution in [0.15, 0.2) is 23.3 Å². The fourth-order valence-electron chi connectivity index (χ4n) is 3.40. The summed E-state index contributed by atoms with van der Waals surface area (Å²) >= 11 is 0. The van der Waals surface area contributed by atoms with Crippen molar-refractivity contribution in [3.63, 3.8) is 0 Å². The lowest BCUT2D eigenvalue weighted by atomic mass is 9.96. The molecule has 0 bridgehead atoms. The molecular formula is C19H30N6O. The van der Waals surface area contributed by atoms with Crippen molar-refractivity contribution < 1.29 is 4.79 Å². The third-order valence-electron chi connectivity index (χ3n) is 5.25. The Labute approximate surface area is 155 Å². The molecule has 2 atom stereocenters. The summed E-state index contributed by atoms with van der Waals surface area (Å²) in [6.07, 6.45) is 4.60. The van der Waals surface area contributed by atoms with E-state index in [1.807, 2.05) is 12.3 Å². The summed E-state index contributed by atoms with van der Waals surface area (Å²) in [5.41, 5.74) is 6.54. The van der Waals surface area contributed by atoms with Crippen LogP contribution < -0.4 is 21.3 Å². The number of anilines is 1. The van der Waals surface area contributed by atoms with Crippen molar-refractivity contribution in [1.82, 2.24) is 15.6 Å². The second kappa shape index (κ2) is 8.38. The molecule has 2 aliphatic rings. The van der Waals surface area contributed by atoms with Crippen molar-refractivity contribution in [3.8, 4) is 0 Å². The van der Waals surface area contributed by atoms with Gasteiger partial charge < -0.3 is 21.3 Å². The second-order valence-corrected chi connectivity index (χ2v) is 7.31. The average molecular weight is 358 g/mol. The Morgan fingerprint density at radius 2 is 2.15 bits per heavy atom. The molecule has 1 amide bonds. The van der Waals surface area contributed by atoms with Crippen LogP contribution in [0.2, 0.25) is 0 Å². The van der Waals surface area contributed by atoms with E-state index in [-0.39, 0.29) is 11.8 Å². The second-order valence-electron chi connectivity index (χ2n) is 7.31.